The Balaban J connectivity index is 2.49. The van der Waals surface area contributed by atoms with Crippen molar-refractivity contribution in [2.45, 2.75) is 12.8 Å². The van der Waals surface area contributed by atoms with Crippen molar-refractivity contribution >= 4 is 17.9 Å². The maximum atomic E-state index is 12.2. The number of carbonyl (C=O) groups is 3. The number of ether oxygens (including phenoxy) is 3. The summed E-state index contributed by atoms with van der Waals surface area (Å²) in [5.41, 5.74) is -0.0363. The number of esters is 2. The number of phenolic OH excluding ortho intramolecular Hbond substituents is 1. The fourth-order valence-electron chi connectivity index (χ4n) is 2.64. The number of aromatic nitrogens is 1. The van der Waals surface area contributed by atoms with Crippen LogP contribution in [0.25, 0.3) is 0 Å². The van der Waals surface area contributed by atoms with Crippen LogP contribution in [0.15, 0.2) is 24.3 Å². The van der Waals surface area contributed by atoms with Crippen molar-refractivity contribution in [2.75, 3.05) is 21.3 Å². The van der Waals surface area contributed by atoms with Crippen LogP contribution in [0, 0.1) is 0 Å². The highest BCUT2D eigenvalue weighted by atomic mass is 16.5. The normalized spacial score (nSPS) is 10.2. The number of rotatable bonds is 7. The first-order valence-electron chi connectivity index (χ1n) is 8.12. The van der Waals surface area contributed by atoms with Gasteiger partial charge in [0.15, 0.2) is 11.5 Å². The third kappa shape index (κ3) is 4.37. The van der Waals surface area contributed by atoms with Crippen LogP contribution in [-0.2, 0) is 22.3 Å². The van der Waals surface area contributed by atoms with Gasteiger partial charge in [-0.2, -0.15) is 0 Å². The summed E-state index contributed by atoms with van der Waals surface area (Å²) >= 11 is 0. The number of aromatic carboxylic acids is 1. The van der Waals surface area contributed by atoms with E-state index in [0.717, 1.165) is 20.3 Å². The molecular weight excluding hydrogens is 370 g/mol. The molecule has 0 atom stereocenters. The number of hydrogen-bond acceptors (Lipinski definition) is 8. The van der Waals surface area contributed by atoms with Crippen LogP contribution < -0.4 is 4.74 Å². The molecule has 28 heavy (non-hydrogen) atoms. The zero-order valence-corrected chi connectivity index (χ0v) is 15.5. The second-order valence-electron chi connectivity index (χ2n) is 5.67. The van der Waals surface area contributed by atoms with Crippen LogP contribution in [0.4, 0.5) is 0 Å². The summed E-state index contributed by atoms with van der Waals surface area (Å²) in [6.45, 7) is 0. The van der Waals surface area contributed by atoms with Crippen molar-refractivity contribution in [1.82, 2.24) is 4.98 Å². The van der Waals surface area contributed by atoms with Gasteiger partial charge in [-0.1, -0.05) is 6.07 Å². The molecule has 0 amide bonds. The largest absolute Gasteiger partial charge is 0.504 e. The number of carboxylic acids is 1. The lowest BCUT2D eigenvalue weighted by molar-refractivity contribution is 0.0552. The van der Waals surface area contributed by atoms with Gasteiger partial charge < -0.3 is 24.4 Å². The fourth-order valence-corrected chi connectivity index (χ4v) is 2.64. The van der Waals surface area contributed by atoms with Crippen LogP contribution in [0.3, 0.4) is 0 Å². The average Bonchev–Trinajstić information content (AvgIpc) is 2.70. The molecule has 2 rings (SSSR count). The summed E-state index contributed by atoms with van der Waals surface area (Å²) in [5.74, 6) is -2.83. The maximum absolute atomic E-state index is 12.2. The molecule has 1 aromatic carbocycles. The molecule has 9 heteroatoms. The first kappa shape index (κ1) is 20.7. The van der Waals surface area contributed by atoms with E-state index < -0.39 is 23.6 Å². The zero-order chi connectivity index (χ0) is 20.8. The summed E-state index contributed by atoms with van der Waals surface area (Å²) in [5, 5.41) is 19.2. The number of hydrogen-bond donors (Lipinski definition) is 2. The van der Waals surface area contributed by atoms with Crippen molar-refractivity contribution < 1.29 is 38.8 Å². The first-order valence-corrected chi connectivity index (χ1v) is 8.12. The summed E-state index contributed by atoms with van der Waals surface area (Å²) in [4.78, 5) is 39.7. The smallest absolute Gasteiger partial charge is 0.354 e. The Morgan fingerprint density at radius 1 is 1.00 bits per heavy atom. The third-order valence-electron chi connectivity index (χ3n) is 4.00. The molecule has 2 aromatic rings. The molecule has 2 N–H and O–H groups in total. The molecule has 0 aliphatic rings. The number of pyridine rings is 1. The van der Waals surface area contributed by atoms with Gasteiger partial charge in [-0.3, -0.25) is 0 Å². The van der Waals surface area contributed by atoms with E-state index in [2.05, 4.69) is 9.72 Å². The van der Waals surface area contributed by atoms with Crippen molar-refractivity contribution in [3.8, 4) is 11.5 Å². The van der Waals surface area contributed by atoms with E-state index in [0.29, 0.717) is 17.7 Å². The molecule has 0 unspecified atom stereocenters. The minimum atomic E-state index is -1.36. The fraction of sp³-hybridized carbons (Fsp3) is 0.263. The zero-order valence-electron chi connectivity index (χ0n) is 15.5. The molecular formula is C19H19NO8. The molecule has 0 aliphatic heterocycles. The Labute approximate surface area is 160 Å². The molecule has 0 fully saturated rings. The SMILES string of the molecule is COC(=O)c1cc(C(=O)O)nc(CCc2ccc(OC)c(O)c2)c1C(=O)OC. The van der Waals surface area contributed by atoms with Crippen molar-refractivity contribution in [2.24, 2.45) is 0 Å². The Kier molecular flexibility index (Phi) is 6.54. The monoisotopic (exact) mass is 389 g/mol. The van der Waals surface area contributed by atoms with E-state index in [1.165, 1.54) is 13.2 Å². The summed E-state index contributed by atoms with van der Waals surface area (Å²) < 4.78 is 14.4. The predicted molar refractivity (Wildman–Crippen MR) is 95.9 cm³/mol. The molecule has 148 valence electrons. The van der Waals surface area contributed by atoms with E-state index in [4.69, 9.17) is 9.47 Å². The number of nitrogens with zero attached hydrogens (tertiary/aromatic N) is 1. The molecule has 0 saturated carbocycles. The maximum Gasteiger partial charge on any atom is 0.354 e. The van der Waals surface area contributed by atoms with Gasteiger partial charge >= 0.3 is 17.9 Å². The highest BCUT2D eigenvalue weighted by Gasteiger charge is 2.26. The lowest BCUT2D eigenvalue weighted by Crippen LogP contribution is -2.19. The summed E-state index contributed by atoms with van der Waals surface area (Å²) in [6.07, 6.45) is 0.416. The minimum Gasteiger partial charge on any atom is -0.504 e. The number of aromatic hydroxyl groups is 1. The first-order chi connectivity index (χ1) is 13.3. The van der Waals surface area contributed by atoms with Gasteiger partial charge in [0.2, 0.25) is 0 Å². The van der Waals surface area contributed by atoms with Gasteiger partial charge in [-0.15, -0.1) is 0 Å². The molecule has 0 aliphatic carbocycles. The molecule has 0 radical (unpaired) electrons. The summed E-state index contributed by atoms with van der Waals surface area (Å²) in [7, 11) is 3.68. The molecule has 0 bridgehead atoms. The number of phenols is 1. The average molecular weight is 389 g/mol. The molecule has 0 spiro atoms. The van der Waals surface area contributed by atoms with Gasteiger partial charge in [0.05, 0.1) is 38.2 Å². The number of carboxylic acid groups (broad SMARTS) is 1. The van der Waals surface area contributed by atoms with E-state index in [-0.39, 0.29) is 29.0 Å². The van der Waals surface area contributed by atoms with Crippen molar-refractivity contribution in [3.63, 3.8) is 0 Å². The second kappa shape index (κ2) is 8.85. The van der Waals surface area contributed by atoms with Crippen molar-refractivity contribution in [1.29, 1.82) is 0 Å². The predicted octanol–water partition coefficient (Wildman–Crippen LogP) is 1.85. The van der Waals surface area contributed by atoms with Crippen LogP contribution in [-0.4, -0.2) is 54.4 Å². The topological polar surface area (TPSA) is 132 Å². The van der Waals surface area contributed by atoms with Crippen LogP contribution in [0.1, 0.15) is 42.5 Å². The molecule has 0 saturated heterocycles. The lowest BCUT2D eigenvalue weighted by atomic mass is 9.99. The third-order valence-corrected chi connectivity index (χ3v) is 4.00. The van der Waals surface area contributed by atoms with E-state index in [9.17, 15) is 24.6 Å². The Morgan fingerprint density at radius 2 is 1.68 bits per heavy atom. The Hall–Kier alpha value is -3.62. The lowest BCUT2D eigenvalue weighted by Gasteiger charge is -2.13. The van der Waals surface area contributed by atoms with Gasteiger partial charge in [-0.05, 0) is 36.6 Å². The molecule has 9 nitrogen and oxygen atoms in total. The molecule has 1 heterocycles. The number of benzene rings is 1. The molecule has 1 aromatic heterocycles. The van der Waals surface area contributed by atoms with E-state index in [1.54, 1.807) is 12.1 Å². The Bertz CT molecular complexity index is 922. The van der Waals surface area contributed by atoms with Crippen LogP contribution >= 0.6 is 0 Å². The minimum absolute atomic E-state index is 0.0595. The number of methoxy groups -OCH3 is 3. The van der Waals surface area contributed by atoms with E-state index in [1.807, 2.05) is 0 Å². The number of carbonyl (C=O) groups excluding carboxylic acids is 2. The Morgan fingerprint density at radius 3 is 2.21 bits per heavy atom. The van der Waals surface area contributed by atoms with Crippen LogP contribution in [0.2, 0.25) is 0 Å². The van der Waals surface area contributed by atoms with Gasteiger partial charge in [0.1, 0.15) is 5.69 Å². The highest BCUT2D eigenvalue weighted by molar-refractivity contribution is 6.05. The van der Waals surface area contributed by atoms with E-state index >= 15 is 0 Å². The van der Waals surface area contributed by atoms with Crippen molar-refractivity contribution in [3.05, 3.63) is 52.3 Å². The number of aryl methyl sites for hydroxylation is 2. The van der Waals surface area contributed by atoms with Gasteiger partial charge in [0, 0.05) is 0 Å². The van der Waals surface area contributed by atoms with Gasteiger partial charge in [-0.25, -0.2) is 19.4 Å². The second-order valence-corrected chi connectivity index (χ2v) is 5.67. The highest BCUT2D eigenvalue weighted by Crippen LogP contribution is 2.27. The standard InChI is InChI=1S/C19H19NO8/c1-26-15-7-5-10(8-14(15)21)4-6-12-16(19(25)28-3)11(18(24)27-2)9-13(20-12)17(22)23/h5,7-9,21H,4,6H2,1-3H3,(H,22,23). The van der Waals surface area contributed by atoms with Gasteiger partial charge in [0.25, 0.3) is 0 Å². The summed E-state index contributed by atoms with van der Waals surface area (Å²) in [6, 6.07) is 5.74. The quantitative estimate of drug-likeness (QED) is 0.681. The van der Waals surface area contributed by atoms with Crippen LogP contribution in [0.5, 0.6) is 11.5 Å².